The number of carbonyl (C=O) groups is 1. The van der Waals surface area contributed by atoms with E-state index < -0.39 is 18.1 Å². The first-order valence-corrected chi connectivity index (χ1v) is 11.0. The summed E-state index contributed by atoms with van der Waals surface area (Å²) in [6.45, 7) is 1.91. The highest BCUT2D eigenvalue weighted by atomic mass is 19.4. The van der Waals surface area contributed by atoms with E-state index in [2.05, 4.69) is 14.9 Å². The Morgan fingerprint density at radius 3 is 2.73 bits per heavy atom. The molecule has 3 heterocycles. The van der Waals surface area contributed by atoms with E-state index in [0.29, 0.717) is 50.6 Å². The number of nitrogens with zero attached hydrogens (tertiary/aromatic N) is 3. The maximum absolute atomic E-state index is 12.8. The Morgan fingerprint density at radius 1 is 1.21 bits per heavy atom. The first-order chi connectivity index (χ1) is 15.8. The lowest BCUT2D eigenvalue weighted by molar-refractivity contribution is -0.184. The third-order valence-corrected chi connectivity index (χ3v) is 6.28. The molecule has 2 aromatic rings. The molecule has 1 aliphatic carbocycles. The number of carboxylic acid groups (broad SMARTS) is 1. The maximum Gasteiger partial charge on any atom is 0.391 e. The van der Waals surface area contributed by atoms with Gasteiger partial charge in [0.05, 0.1) is 55.0 Å². The zero-order valence-electron chi connectivity index (χ0n) is 18.0. The largest absolute Gasteiger partial charge is 0.492 e. The molecule has 1 saturated heterocycles. The molecule has 10 heteroatoms. The van der Waals surface area contributed by atoms with Crippen LogP contribution in [0.15, 0.2) is 36.8 Å². The molecule has 2 aliphatic rings. The van der Waals surface area contributed by atoms with Crippen molar-refractivity contribution in [3.8, 4) is 5.75 Å². The van der Waals surface area contributed by atoms with Gasteiger partial charge in [0.15, 0.2) is 0 Å². The van der Waals surface area contributed by atoms with E-state index >= 15 is 0 Å². The van der Waals surface area contributed by atoms with Crippen molar-refractivity contribution in [3.05, 3.63) is 48.0 Å². The van der Waals surface area contributed by atoms with Crippen LogP contribution >= 0.6 is 0 Å². The van der Waals surface area contributed by atoms with E-state index in [4.69, 9.17) is 9.47 Å². The van der Waals surface area contributed by atoms with Crippen LogP contribution in [0.3, 0.4) is 0 Å². The van der Waals surface area contributed by atoms with E-state index in [1.54, 1.807) is 12.4 Å². The Balaban J connectivity index is 1.35. The van der Waals surface area contributed by atoms with Crippen LogP contribution in [0.2, 0.25) is 0 Å². The Morgan fingerprint density at radius 2 is 2.00 bits per heavy atom. The summed E-state index contributed by atoms with van der Waals surface area (Å²) in [6, 6.07) is 4.81. The van der Waals surface area contributed by atoms with Crippen molar-refractivity contribution < 1.29 is 32.5 Å². The number of ether oxygens (including phenoxy) is 2. The number of halogens is 3. The molecule has 7 nitrogen and oxygen atoms in total. The standard InChI is InChI=1S/C23H26F3N3O4/c24-23(25,26)17-3-1-15(2-4-17)14-33-19-10-18(11-27-12-19)29-7-8-32-21(13-29)20-9-16(22(30)31)5-6-28-20/h5-6,9-12,15,17,21H,1-4,7-8,13-14H2,(H,30,31)/t15-,17-,21?. The predicted molar refractivity (Wildman–Crippen MR) is 113 cm³/mol. The highest BCUT2D eigenvalue weighted by Crippen LogP contribution is 2.39. The van der Waals surface area contributed by atoms with Crippen molar-refractivity contribution in [3.63, 3.8) is 0 Å². The van der Waals surface area contributed by atoms with E-state index in [-0.39, 0.29) is 30.4 Å². The van der Waals surface area contributed by atoms with Crippen molar-refractivity contribution in [2.75, 3.05) is 31.2 Å². The number of carboxylic acids is 1. The van der Waals surface area contributed by atoms with E-state index in [0.717, 1.165) is 5.69 Å². The van der Waals surface area contributed by atoms with Gasteiger partial charge in [0.25, 0.3) is 0 Å². The number of hydrogen-bond donors (Lipinski definition) is 1. The second kappa shape index (κ2) is 9.94. The summed E-state index contributed by atoms with van der Waals surface area (Å²) in [5.74, 6) is -1.54. The van der Waals surface area contributed by atoms with Gasteiger partial charge in [-0.25, -0.2) is 4.79 Å². The van der Waals surface area contributed by atoms with Crippen LogP contribution in [0.5, 0.6) is 5.75 Å². The minimum absolute atomic E-state index is 0.104. The second-order valence-electron chi connectivity index (χ2n) is 8.53. The van der Waals surface area contributed by atoms with Crippen LogP contribution in [0.4, 0.5) is 18.9 Å². The molecule has 1 atom stereocenters. The topological polar surface area (TPSA) is 84.8 Å². The van der Waals surface area contributed by atoms with Gasteiger partial charge < -0.3 is 19.5 Å². The quantitative estimate of drug-likeness (QED) is 0.672. The second-order valence-corrected chi connectivity index (χ2v) is 8.53. The number of morpholine rings is 1. The van der Waals surface area contributed by atoms with Crippen molar-refractivity contribution in [1.82, 2.24) is 9.97 Å². The van der Waals surface area contributed by atoms with Crippen LogP contribution in [-0.4, -0.2) is 53.5 Å². The molecule has 1 aliphatic heterocycles. The van der Waals surface area contributed by atoms with Gasteiger partial charge in [0.1, 0.15) is 11.9 Å². The van der Waals surface area contributed by atoms with Crippen molar-refractivity contribution >= 4 is 11.7 Å². The van der Waals surface area contributed by atoms with E-state index in [1.807, 2.05) is 6.07 Å². The molecule has 33 heavy (non-hydrogen) atoms. The summed E-state index contributed by atoms with van der Waals surface area (Å²) >= 11 is 0. The fourth-order valence-electron chi connectivity index (χ4n) is 4.35. The summed E-state index contributed by atoms with van der Waals surface area (Å²) in [7, 11) is 0. The molecule has 0 amide bonds. The Hall–Kier alpha value is -2.88. The molecular formula is C23H26F3N3O4. The molecule has 1 unspecified atom stereocenters. The van der Waals surface area contributed by atoms with Gasteiger partial charge in [-0.1, -0.05) is 0 Å². The van der Waals surface area contributed by atoms with Crippen LogP contribution in [0.25, 0.3) is 0 Å². The van der Waals surface area contributed by atoms with Gasteiger partial charge in [-0.05, 0) is 43.7 Å². The Kier molecular flexibility index (Phi) is 7.02. The lowest BCUT2D eigenvalue weighted by atomic mass is 9.82. The number of aromatic carboxylic acids is 1. The van der Waals surface area contributed by atoms with Crippen LogP contribution in [0.1, 0.15) is 47.8 Å². The molecule has 2 aromatic heterocycles. The Labute approximate surface area is 189 Å². The molecule has 178 valence electrons. The maximum atomic E-state index is 12.8. The molecule has 4 rings (SSSR count). The fraction of sp³-hybridized carbons (Fsp3) is 0.522. The monoisotopic (exact) mass is 465 g/mol. The summed E-state index contributed by atoms with van der Waals surface area (Å²) < 4.78 is 50.2. The number of rotatable bonds is 6. The SMILES string of the molecule is O=C(O)c1ccnc(C2CN(c3cncc(OC[C@H]4CC[C@H](C(F)(F)F)CC4)c3)CCO2)c1. The lowest BCUT2D eigenvalue weighted by Gasteiger charge is -2.34. The third-order valence-electron chi connectivity index (χ3n) is 6.28. The molecule has 0 bridgehead atoms. The van der Waals surface area contributed by atoms with Crippen LogP contribution in [0, 0.1) is 11.8 Å². The molecule has 1 N–H and O–H groups in total. The van der Waals surface area contributed by atoms with Gasteiger partial charge in [-0.15, -0.1) is 0 Å². The van der Waals surface area contributed by atoms with Gasteiger partial charge in [-0.2, -0.15) is 13.2 Å². The minimum atomic E-state index is -4.11. The van der Waals surface area contributed by atoms with Gasteiger partial charge in [0, 0.05) is 18.8 Å². The fourth-order valence-corrected chi connectivity index (χ4v) is 4.35. The summed E-state index contributed by atoms with van der Waals surface area (Å²) in [5, 5.41) is 9.21. The number of pyridine rings is 2. The first-order valence-electron chi connectivity index (χ1n) is 11.0. The Bertz CT molecular complexity index is 964. The highest BCUT2D eigenvalue weighted by molar-refractivity contribution is 5.87. The molecule has 0 aromatic carbocycles. The molecular weight excluding hydrogens is 439 g/mol. The van der Waals surface area contributed by atoms with Gasteiger partial charge in [-0.3, -0.25) is 9.97 Å². The van der Waals surface area contributed by atoms with Crippen molar-refractivity contribution in [2.24, 2.45) is 11.8 Å². The molecule has 1 saturated carbocycles. The average molecular weight is 465 g/mol. The molecule has 0 spiro atoms. The third kappa shape index (κ3) is 5.93. The predicted octanol–water partition coefficient (Wildman–Crippen LogP) is 4.50. The van der Waals surface area contributed by atoms with E-state index in [1.165, 1.54) is 18.3 Å². The zero-order valence-corrected chi connectivity index (χ0v) is 18.0. The van der Waals surface area contributed by atoms with Gasteiger partial charge >= 0.3 is 12.1 Å². The summed E-state index contributed by atoms with van der Waals surface area (Å²) in [6.07, 6.45) is 1.60. The normalized spacial score (nSPS) is 23.8. The highest BCUT2D eigenvalue weighted by Gasteiger charge is 2.41. The number of alkyl halides is 3. The smallest absolute Gasteiger partial charge is 0.391 e. The number of hydrogen-bond acceptors (Lipinski definition) is 6. The summed E-state index contributed by atoms with van der Waals surface area (Å²) in [4.78, 5) is 21.8. The van der Waals surface area contributed by atoms with Crippen molar-refractivity contribution in [2.45, 2.75) is 38.0 Å². The number of aromatic nitrogens is 2. The van der Waals surface area contributed by atoms with E-state index in [9.17, 15) is 23.1 Å². The summed E-state index contributed by atoms with van der Waals surface area (Å²) in [5.41, 5.74) is 1.53. The van der Waals surface area contributed by atoms with Gasteiger partial charge in [0.2, 0.25) is 0 Å². The van der Waals surface area contributed by atoms with Crippen molar-refractivity contribution in [1.29, 1.82) is 0 Å². The molecule has 0 radical (unpaired) electrons. The average Bonchev–Trinajstić information content (AvgIpc) is 2.83. The molecule has 2 fully saturated rings. The van der Waals surface area contributed by atoms with Crippen LogP contribution in [-0.2, 0) is 4.74 Å². The number of anilines is 1. The zero-order chi connectivity index (χ0) is 23.4. The first kappa shape index (κ1) is 23.3. The van der Waals surface area contributed by atoms with Crippen LogP contribution < -0.4 is 9.64 Å². The lowest BCUT2D eigenvalue weighted by Crippen LogP contribution is -2.38. The minimum Gasteiger partial charge on any atom is -0.492 e.